The molecule has 21 heavy (non-hydrogen) atoms. The molecule has 2 aromatic rings. The molecule has 0 fully saturated rings. The minimum Gasteiger partial charge on any atom is -0.504 e. The molecule has 0 saturated carbocycles. The Kier molecular flexibility index (Phi) is 5.31. The Labute approximate surface area is 140 Å². The molecule has 0 saturated heterocycles. The Morgan fingerprint density at radius 1 is 0.905 bits per heavy atom. The lowest BCUT2D eigenvalue weighted by Crippen LogP contribution is -1.87. The van der Waals surface area contributed by atoms with Gasteiger partial charge in [0.15, 0.2) is 11.5 Å². The summed E-state index contributed by atoms with van der Waals surface area (Å²) < 4.78 is 12.0. The van der Waals surface area contributed by atoms with Gasteiger partial charge in [0.05, 0.1) is 23.2 Å². The van der Waals surface area contributed by atoms with Gasteiger partial charge in [-0.05, 0) is 67.3 Å². The van der Waals surface area contributed by atoms with E-state index in [-0.39, 0.29) is 5.75 Å². The zero-order valence-corrected chi connectivity index (χ0v) is 14.7. The average molecular weight is 414 g/mol. The molecule has 2 rings (SSSR count). The van der Waals surface area contributed by atoms with Gasteiger partial charge < -0.3 is 14.6 Å². The zero-order chi connectivity index (χ0) is 15.4. The minimum atomic E-state index is 0.122. The average Bonchev–Trinajstić information content (AvgIpc) is 2.45. The molecule has 0 bridgehead atoms. The van der Waals surface area contributed by atoms with Gasteiger partial charge in [-0.2, -0.15) is 0 Å². The predicted molar refractivity (Wildman–Crippen MR) is 92.0 cm³/mol. The van der Waals surface area contributed by atoms with Crippen LogP contribution in [-0.4, -0.2) is 19.3 Å². The summed E-state index contributed by atoms with van der Waals surface area (Å²) in [4.78, 5) is 0. The molecule has 5 heteroatoms. The lowest BCUT2D eigenvalue weighted by atomic mass is 10.1. The second-order valence-corrected chi connectivity index (χ2v) is 5.99. The number of hydrogen-bond acceptors (Lipinski definition) is 3. The quantitative estimate of drug-likeness (QED) is 0.708. The number of benzene rings is 2. The molecule has 110 valence electrons. The van der Waals surface area contributed by atoms with Gasteiger partial charge in [0.2, 0.25) is 0 Å². The Morgan fingerprint density at radius 3 is 2.05 bits per heavy atom. The Morgan fingerprint density at radius 2 is 1.52 bits per heavy atom. The molecule has 0 heterocycles. The first kappa shape index (κ1) is 15.9. The smallest absolute Gasteiger partial charge is 0.160 e. The van der Waals surface area contributed by atoms with Crippen molar-refractivity contribution in [3.05, 3.63) is 50.4 Å². The van der Waals surface area contributed by atoms with Gasteiger partial charge in [-0.15, -0.1) is 0 Å². The molecule has 0 aromatic heterocycles. The lowest BCUT2D eigenvalue weighted by molar-refractivity contribution is 0.373. The van der Waals surface area contributed by atoms with E-state index in [9.17, 15) is 5.11 Å². The van der Waals surface area contributed by atoms with E-state index in [1.807, 2.05) is 30.4 Å². The summed E-state index contributed by atoms with van der Waals surface area (Å²) in [5, 5.41) is 9.75. The molecule has 0 aliphatic carbocycles. The topological polar surface area (TPSA) is 38.7 Å². The van der Waals surface area contributed by atoms with E-state index < -0.39 is 0 Å². The summed E-state index contributed by atoms with van der Waals surface area (Å²) in [5.41, 5.74) is 1.89. The lowest BCUT2D eigenvalue weighted by Gasteiger charge is -2.07. The van der Waals surface area contributed by atoms with Gasteiger partial charge in [-0.3, -0.25) is 0 Å². The highest BCUT2D eigenvalue weighted by atomic mass is 79.9. The van der Waals surface area contributed by atoms with E-state index in [1.54, 1.807) is 19.2 Å². The summed E-state index contributed by atoms with van der Waals surface area (Å²) in [5.74, 6) is 1.34. The molecule has 0 aliphatic rings. The Balaban J connectivity index is 2.27. The van der Waals surface area contributed by atoms with Gasteiger partial charge in [0.1, 0.15) is 5.75 Å². The van der Waals surface area contributed by atoms with Gasteiger partial charge in [-0.25, -0.2) is 0 Å². The second kappa shape index (κ2) is 7.00. The van der Waals surface area contributed by atoms with E-state index >= 15 is 0 Å². The van der Waals surface area contributed by atoms with E-state index in [2.05, 4.69) is 31.9 Å². The van der Waals surface area contributed by atoms with Crippen LogP contribution in [0, 0.1) is 0 Å². The van der Waals surface area contributed by atoms with Crippen LogP contribution in [-0.2, 0) is 0 Å². The third kappa shape index (κ3) is 3.80. The third-order valence-corrected chi connectivity index (χ3v) is 4.07. The highest BCUT2D eigenvalue weighted by Gasteiger charge is 2.06. The number of aromatic hydroxyl groups is 1. The van der Waals surface area contributed by atoms with Gasteiger partial charge >= 0.3 is 0 Å². The second-order valence-electron chi connectivity index (χ2n) is 4.28. The van der Waals surface area contributed by atoms with Crippen molar-refractivity contribution < 1.29 is 14.6 Å². The fourth-order valence-corrected chi connectivity index (χ4v) is 3.42. The number of hydrogen-bond donors (Lipinski definition) is 1. The van der Waals surface area contributed by atoms with Crippen molar-refractivity contribution in [2.24, 2.45) is 0 Å². The first-order chi connectivity index (χ1) is 10.0. The zero-order valence-electron chi connectivity index (χ0n) is 11.6. The maximum atomic E-state index is 9.75. The van der Waals surface area contributed by atoms with Crippen LogP contribution >= 0.6 is 31.9 Å². The molecule has 0 radical (unpaired) electrons. The van der Waals surface area contributed by atoms with E-state index in [1.165, 1.54) is 7.11 Å². The first-order valence-electron chi connectivity index (χ1n) is 6.13. The van der Waals surface area contributed by atoms with Crippen molar-refractivity contribution in [3.63, 3.8) is 0 Å². The standard InChI is InChI=1S/C16H14Br2O3/c1-20-15-6-5-10(9-14(15)19)3-4-11-7-12(17)16(21-2)13(18)8-11/h3-9,19H,1-2H3/b4-3-. The molecule has 3 nitrogen and oxygen atoms in total. The summed E-state index contributed by atoms with van der Waals surface area (Å²) in [6.07, 6.45) is 3.87. The van der Waals surface area contributed by atoms with Crippen molar-refractivity contribution in [2.45, 2.75) is 0 Å². The van der Waals surface area contributed by atoms with E-state index in [0.29, 0.717) is 5.75 Å². The molecule has 0 atom stereocenters. The normalized spacial score (nSPS) is 10.9. The van der Waals surface area contributed by atoms with Crippen molar-refractivity contribution >= 4 is 44.0 Å². The van der Waals surface area contributed by atoms with Gasteiger partial charge in [0.25, 0.3) is 0 Å². The molecule has 0 spiro atoms. The number of ether oxygens (including phenoxy) is 2. The van der Waals surface area contributed by atoms with Crippen LogP contribution in [0.5, 0.6) is 17.2 Å². The monoisotopic (exact) mass is 412 g/mol. The van der Waals surface area contributed by atoms with Crippen LogP contribution in [0.1, 0.15) is 11.1 Å². The van der Waals surface area contributed by atoms with Crippen molar-refractivity contribution in [1.29, 1.82) is 0 Å². The van der Waals surface area contributed by atoms with Gasteiger partial charge in [-0.1, -0.05) is 18.2 Å². The highest BCUT2D eigenvalue weighted by molar-refractivity contribution is 9.11. The molecule has 1 N–H and O–H groups in total. The molecule has 2 aromatic carbocycles. The van der Waals surface area contributed by atoms with Gasteiger partial charge in [0, 0.05) is 0 Å². The highest BCUT2D eigenvalue weighted by Crippen LogP contribution is 2.35. The Hall–Kier alpha value is -1.46. The Bertz CT molecular complexity index is 658. The minimum absolute atomic E-state index is 0.122. The summed E-state index contributed by atoms with van der Waals surface area (Å²) in [6.45, 7) is 0. The summed E-state index contributed by atoms with van der Waals surface area (Å²) in [6, 6.07) is 9.19. The van der Waals surface area contributed by atoms with E-state index in [0.717, 1.165) is 25.8 Å². The number of phenols is 1. The molecule has 0 aliphatic heterocycles. The van der Waals surface area contributed by atoms with Crippen molar-refractivity contribution in [2.75, 3.05) is 14.2 Å². The summed E-state index contributed by atoms with van der Waals surface area (Å²) >= 11 is 6.94. The van der Waals surface area contributed by atoms with Crippen LogP contribution in [0.25, 0.3) is 12.2 Å². The number of phenolic OH excluding ortho intramolecular Hbond substituents is 1. The molecular formula is C16H14Br2O3. The maximum absolute atomic E-state index is 9.75. The number of methoxy groups -OCH3 is 2. The van der Waals surface area contributed by atoms with Crippen LogP contribution in [0.2, 0.25) is 0 Å². The largest absolute Gasteiger partial charge is 0.504 e. The maximum Gasteiger partial charge on any atom is 0.160 e. The van der Waals surface area contributed by atoms with Crippen LogP contribution in [0.4, 0.5) is 0 Å². The first-order valence-corrected chi connectivity index (χ1v) is 7.72. The predicted octanol–water partition coefficient (Wildman–Crippen LogP) is 5.10. The fraction of sp³-hybridized carbons (Fsp3) is 0.125. The SMILES string of the molecule is COc1ccc(/C=C\c2cc(Br)c(OC)c(Br)c2)cc1O. The van der Waals surface area contributed by atoms with Crippen LogP contribution in [0.15, 0.2) is 39.3 Å². The number of rotatable bonds is 4. The fourth-order valence-electron chi connectivity index (χ4n) is 1.87. The molecule has 0 amide bonds. The third-order valence-electron chi connectivity index (χ3n) is 2.90. The molecule has 0 unspecified atom stereocenters. The van der Waals surface area contributed by atoms with Crippen LogP contribution < -0.4 is 9.47 Å². The van der Waals surface area contributed by atoms with Crippen molar-refractivity contribution in [1.82, 2.24) is 0 Å². The van der Waals surface area contributed by atoms with Crippen LogP contribution in [0.3, 0.4) is 0 Å². The molecular weight excluding hydrogens is 400 g/mol. The number of halogens is 2. The summed E-state index contributed by atoms with van der Waals surface area (Å²) in [7, 11) is 3.15. The van der Waals surface area contributed by atoms with Crippen molar-refractivity contribution in [3.8, 4) is 17.2 Å². The van der Waals surface area contributed by atoms with E-state index in [4.69, 9.17) is 9.47 Å².